The molecule has 4 fully saturated rings. The predicted molar refractivity (Wildman–Crippen MR) is 292 cm³/mol. The molecule has 0 aliphatic heterocycles. The van der Waals surface area contributed by atoms with Crippen molar-refractivity contribution in [1.29, 1.82) is 0 Å². The summed E-state index contributed by atoms with van der Waals surface area (Å²) in [6.45, 7) is 18.1. The third-order valence-corrected chi connectivity index (χ3v) is 15.3. The summed E-state index contributed by atoms with van der Waals surface area (Å²) in [6, 6.07) is 21.8. The minimum atomic E-state index is -1.26. The number of nitrogens with one attached hydrogen (secondary N) is 3. The number of benzene rings is 1. The van der Waals surface area contributed by atoms with Crippen LogP contribution in [0, 0.1) is 23.7 Å². The third kappa shape index (κ3) is 12.0. The van der Waals surface area contributed by atoms with E-state index >= 15 is 0 Å². The van der Waals surface area contributed by atoms with Crippen LogP contribution in [0.15, 0.2) is 66.7 Å². The quantitative estimate of drug-likeness (QED) is 0.0854. The highest BCUT2D eigenvalue weighted by molar-refractivity contribution is 6.29. The summed E-state index contributed by atoms with van der Waals surface area (Å²) in [7, 11) is 0. The lowest BCUT2D eigenvalue weighted by Crippen LogP contribution is -2.32. The standard InChI is InChI=1S/C20H21ClN4O2.C19H26N4O.C18H26N4O/c1-20(27,13-6-3-2-4-7-13)12-17(26)24-19-22-15-10-11-16(21)23-18(15)25(19)14-8-5-9-14;1-19(2,3)11-16(24)22-18-21-15-10-9-14(12-7-8-12)20-17(15)23(18)13-5-4-6-13;1-11-9-10-14-15(19-11)22(13-7-6-8-13)17(20-14)21-16(23)12(2)18(3,4)5/h2-4,6-7,10-11,14,27H,5,8-9,12H2,1H3,(H,22,24,26);9-10,12-13H,4-8,11H2,1-3H3,(H,21,22,24);9-10,12-13H,6-8H2,1-5H3,(H,20,21,23)/t;;12-/m..0/s1. The second-order valence-corrected chi connectivity index (χ2v) is 23.9. The molecule has 1 aromatic carbocycles. The molecular formula is C57H73ClN12O4. The van der Waals surface area contributed by atoms with Crippen LogP contribution in [0.25, 0.3) is 33.5 Å². The van der Waals surface area contributed by atoms with Crippen LogP contribution in [0.4, 0.5) is 17.8 Å². The number of pyridine rings is 3. The maximum Gasteiger partial charge on any atom is 0.230 e. The molecule has 11 rings (SSSR count). The predicted octanol–water partition coefficient (Wildman–Crippen LogP) is 12.5. The number of carbonyl (C=O) groups excluding carboxylic acids is 3. The summed E-state index contributed by atoms with van der Waals surface area (Å²) in [5.74, 6) is 2.05. The number of imidazole rings is 3. The summed E-state index contributed by atoms with van der Waals surface area (Å²) in [5, 5.41) is 20.1. The number of rotatable bonds is 12. The molecular weight excluding hydrogens is 952 g/mol. The number of aliphatic hydroxyl groups is 1. The van der Waals surface area contributed by atoms with Crippen molar-refractivity contribution in [3.05, 3.63) is 88.8 Å². The highest BCUT2D eigenvalue weighted by atomic mass is 35.5. The van der Waals surface area contributed by atoms with Crippen molar-refractivity contribution in [2.45, 2.75) is 175 Å². The van der Waals surface area contributed by atoms with Gasteiger partial charge in [0.2, 0.25) is 35.6 Å². The Balaban J connectivity index is 0.000000137. The molecule has 0 saturated heterocycles. The molecule has 0 radical (unpaired) electrons. The Bertz CT molecular complexity index is 3170. The normalized spacial score (nSPS) is 17.4. The van der Waals surface area contributed by atoms with Gasteiger partial charge in [-0.1, -0.05) is 90.4 Å². The summed E-state index contributed by atoms with van der Waals surface area (Å²) < 4.78 is 6.25. The van der Waals surface area contributed by atoms with Crippen LogP contribution in [0.2, 0.25) is 5.15 Å². The van der Waals surface area contributed by atoms with Crippen molar-refractivity contribution >= 4 is 80.7 Å². The van der Waals surface area contributed by atoms with Crippen molar-refractivity contribution in [2.24, 2.45) is 16.7 Å². The molecule has 7 aromatic rings. The molecule has 4 aliphatic carbocycles. The van der Waals surface area contributed by atoms with Crippen molar-refractivity contribution in [1.82, 2.24) is 43.6 Å². The number of aryl methyl sites for hydroxylation is 1. The average Bonchev–Trinajstić information content (AvgIpc) is 3.91. The molecule has 4 aliphatic rings. The van der Waals surface area contributed by atoms with E-state index in [9.17, 15) is 19.5 Å². The lowest BCUT2D eigenvalue weighted by atomic mass is 9.81. The molecule has 392 valence electrons. The first-order valence-electron chi connectivity index (χ1n) is 26.6. The van der Waals surface area contributed by atoms with E-state index in [0.29, 0.717) is 64.1 Å². The fourth-order valence-electron chi connectivity index (χ4n) is 9.49. The Morgan fingerprint density at radius 2 is 1.05 bits per heavy atom. The van der Waals surface area contributed by atoms with Gasteiger partial charge in [0.15, 0.2) is 16.9 Å². The zero-order valence-corrected chi connectivity index (χ0v) is 45.3. The number of fused-ring (bicyclic) bond motifs is 3. The number of amides is 3. The molecule has 74 heavy (non-hydrogen) atoms. The summed E-state index contributed by atoms with van der Waals surface area (Å²) in [5.41, 5.74) is 6.40. The van der Waals surface area contributed by atoms with Gasteiger partial charge in [-0.25, -0.2) is 29.9 Å². The van der Waals surface area contributed by atoms with E-state index in [2.05, 4.69) is 104 Å². The second kappa shape index (κ2) is 21.2. The Morgan fingerprint density at radius 1 is 0.595 bits per heavy atom. The second-order valence-electron chi connectivity index (χ2n) is 23.5. The molecule has 6 aromatic heterocycles. The molecule has 4 saturated carbocycles. The minimum Gasteiger partial charge on any atom is -0.385 e. The van der Waals surface area contributed by atoms with E-state index in [1.165, 1.54) is 31.4 Å². The van der Waals surface area contributed by atoms with Gasteiger partial charge < -0.3 is 5.11 Å². The zero-order chi connectivity index (χ0) is 52.7. The monoisotopic (exact) mass is 1020 g/mol. The van der Waals surface area contributed by atoms with Crippen molar-refractivity contribution in [2.75, 3.05) is 16.0 Å². The molecule has 17 heteroatoms. The molecule has 1 unspecified atom stereocenters. The number of hydrogen-bond donors (Lipinski definition) is 4. The molecule has 16 nitrogen and oxygen atoms in total. The lowest BCUT2D eigenvalue weighted by Gasteiger charge is -2.30. The van der Waals surface area contributed by atoms with Gasteiger partial charge in [0, 0.05) is 47.8 Å². The van der Waals surface area contributed by atoms with Crippen molar-refractivity contribution < 1.29 is 19.5 Å². The number of hydrogen-bond acceptors (Lipinski definition) is 10. The fraction of sp³-hybridized carbons (Fsp3) is 0.526. The first kappa shape index (κ1) is 52.6. The topological polar surface area (TPSA) is 200 Å². The van der Waals surface area contributed by atoms with Crippen LogP contribution in [0.1, 0.15) is 180 Å². The van der Waals surface area contributed by atoms with Crippen LogP contribution < -0.4 is 16.0 Å². The van der Waals surface area contributed by atoms with E-state index in [4.69, 9.17) is 16.6 Å². The molecule has 3 amide bonds. The van der Waals surface area contributed by atoms with Crippen molar-refractivity contribution in [3.8, 4) is 0 Å². The van der Waals surface area contributed by atoms with E-state index in [1.807, 2.05) is 60.9 Å². The van der Waals surface area contributed by atoms with Gasteiger partial charge in [-0.2, -0.15) is 0 Å². The SMILES string of the molecule is CC(C)(C)CC(=O)Nc1nc2ccc(C3CC3)nc2n1C1CCC1.CC(O)(CC(=O)Nc1nc2ccc(Cl)nc2n1C1CCC1)c1ccccc1.Cc1ccc2nc(NC(=O)[C@H](C)C(C)(C)C)n(C3CCC3)c2n1. The molecule has 2 atom stereocenters. The Kier molecular flexibility index (Phi) is 15.0. The number of nitrogens with zero attached hydrogens (tertiary/aromatic N) is 9. The van der Waals surface area contributed by atoms with Crippen LogP contribution in [0.3, 0.4) is 0 Å². The summed E-state index contributed by atoms with van der Waals surface area (Å²) in [6.07, 6.45) is 13.1. The van der Waals surface area contributed by atoms with Crippen LogP contribution in [-0.2, 0) is 20.0 Å². The van der Waals surface area contributed by atoms with Gasteiger partial charge in [0.25, 0.3) is 0 Å². The van der Waals surface area contributed by atoms with Gasteiger partial charge in [0.05, 0.1) is 12.0 Å². The van der Waals surface area contributed by atoms with Gasteiger partial charge in [-0.15, -0.1) is 0 Å². The largest absolute Gasteiger partial charge is 0.385 e. The molecule has 6 heterocycles. The molecule has 0 bridgehead atoms. The van der Waals surface area contributed by atoms with Crippen LogP contribution >= 0.6 is 11.6 Å². The average molecular weight is 1030 g/mol. The van der Waals surface area contributed by atoms with E-state index in [1.54, 1.807) is 19.1 Å². The Labute approximate surface area is 438 Å². The number of anilines is 3. The highest BCUT2D eigenvalue weighted by Crippen LogP contribution is 2.42. The Morgan fingerprint density at radius 3 is 1.53 bits per heavy atom. The maximum absolute atomic E-state index is 12.7. The minimum absolute atomic E-state index is 0.0186. The van der Waals surface area contributed by atoms with E-state index < -0.39 is 5.60 Å². The van der Waals surface area contributed by atoms with Gasteiger partial charge in [0.1, 0.15) is 21.7 Å². The smallest absolute Gasteiger partial charge is 0.230 e. The molecule has 4 N–H and O–H groups in total. The number of carbonyl (C=O) groups is 3. The van der Waals surface area contributed by atoms with E-state index in [0.717, 1.165) is 73.0 Å². The van der Waals surface area contributed by atoms with Crippen LogP contribution in [0.5, 0.6) is 0 Å². The zero-order valence-electron chi connectivity index (χ0n) is 44.5. The van der Waals surface area contributed by atoms with Crippen molar-refractivity contribution in [3.63, 3.8) is 0 Å². The van der Waals surface area contributed by atoms with Gasteiger partial charge in [-0.05, 0) is 137 Å². The first-order valence-corrected chi connectivity index (χ1v) is 27.0. The highest BCUT2D eigenvalue weighted by Gasteiger charge is 2.34. The molecule has 0 spiro atoms. The summed E-state index contributed by atoms with van der Waals surface area (Å²) >= 11 is 6.05. The number of halogens is 1. The lowest BCUT2D eigenvalue weighted by molar-refractivity contribution is -0.122. The summed E-state index contributed by atoms with van der Waals surface area (Å²) in [4.78, 5) is 65.4. The van der Waals surface area contributed by atoms with Gasteiger partial charge in [-0.3, -0.25) is 44.0 Å². The van der Waals surface area contributed by atoms with Crippen LogP contribution in [-0.4, -0.2) is 66.4 Å². The third-order valence-electron chi connectivity index (χ3n) is 15.1. The first-order chi connectivity index (χ1) is 35.1. The number of aromatic nitrogens is 9. The fourth-order valence-corrected chi connectivity index (χ4v) is 9.64. The van der Waals surface area contributed by atoms with E-state index in [-0.39, 0.29) is 46.9 Å². The maximum atomic E-state index is 12.7. The van der Waals surface area contributed by atoms with Gasteiger partial charge >= 0.3 is 0 Å². The Hall–Kier alpha value is -6.26.